The predicted molar refractivity (Wildman–Crippen MR) is 166 cm³/mol. The SMILES string of the molecule is C1CCCC1.CC(C)P(C(C)C)C(C)C.F[B-](F)(F)F.[C-]#[O+].[C-]1=CC(c2ccccc2)(c2ccccc2)n2ccc[n+]21.[Ru+2]. The normalized spacial score (nSPS) is 14.2. The molecule has 1 aliphatic carbocycles. The van der Waals surface area contributed by atoms with Crippen molar-refractivity contribution < 1.29 is 46.1 Å². The fourth-order valence-corrected chi connectivity index (χ4v) is 9.20. The molecule has 0 unspecified atom stereocenters. The number of allylic oxidation sites excluding steroid dienone is 1. The van der Waals surface area contributed by atoms with Gasteiger partial charge in [-0.25, -0.2) is 4.68 Å². The van der Waals surface area contributed by atoms with Crippen molar-refractivity contribution >= 4 is 15.2 Å². The van der Waals surface area contributed by atoms with Crippen molar-refractivity contribution in [2.24, 2.45) is 0 Å². The summed E-state index contributed by atoms with van der Waals surface area (Å²) in [7, 11) is -5.74. The second-order valence-corrected chi connectivity index (χ2v) is 14.9. The summed E-state index contributed by atoms with van der Waals surface area (Å²) in [5, 5.41) is 0. The zero-order chi connectivity index (χ0) is 31.8. The van der Waals surface area contributed by atoms with Crippen LogP contribution in [0.2, 0.25) is 0 Å². The van der Waals surface area contributed by atoms with E-state index in [1.54, 1.807) is 0 Å². The summed E-state index contributed by atoms with van der Waals surface area (Å²) in [6.07, 6.45) is 17.1. The maximum atomic E-state index is 9.75. The van der Waals surface area contributed by atoms with Crippen molar-refractivity contribution in [2.45, 2.75) is 96.2 Å². The van der Waals surface area contributed by atoms with Gasteiger partial charge in [0.15, 0.2) is 5.54 Å². The van der Waals surface area contributed by atoms with Gasteiger partial charge in [-0.1, -0.05) is 154 Å². The van der Waals surface area contributed by atoms with Gasteiger partial charge >= 0.3 is 38.0 Å². The summed E-state index contributed by atoms with van der Waals surface area (Å²) in [5.74, 6) is 0. The van der Waals surface area contributed by atoms with Crippen molar-refractivity contribution in [3.63, 3.8) is 0 Å². The number of hydrogen-bond acceptors (Lipinski definition) is 0. The van der Waals surface area contributed by atoms with Gasteiger partial charge in [0, 0.05) is 6.20 Å². The van der Waals surface area contributed by atoms with Crippen molar-refractivity contribution in [3.8, 4) is 0 Å². The Kier molecular flexibility index (Phi) is 19.9. The van der Waals surface area contributed by atoms with Gasteiger partial charge in [-0.05, 0) is 28.1 Å². The first kappa shape index (κ1) is 41.0. The second-order valence-electron chi connectivity index (χ2n) is 10.9. The smallest absolute Gasteiger partial charge is 0.243 e. The quantitative estimate of drug-likeness (QED) is 0.0633. The van der Waals surface area contributed by atoms with Crippen LogP contribution < -0.4 is 4.68 Å². The van der Waals surface area contributed by atoms with E-state index in [1.807, 2.05) is 29.1 Å². The summed E-state index contributed by atoms with van der Waals surface area (Å²) < 4.78 is 50.7. The van der Waals surface area contributed by atoms with Crippen molar-refractivity contribution in [2.75, 3.05) is 0 Å². The van der Waals surface area contributed by atoms with Crippen LogP contribution in [-0.2, 0) is 29.7 Å². The molecule has 1 fully saturated rings. The molecule has 10 heteroatoms. The molecule has 0 amide bonds. The van der Waals surface area contributed by atoms with Crippen molar-refractivity contribution in [1.29, 1.82) is 0 Å². The Bertz CT molecular complexity index is 1110. The Morgan fingerprint density at radius 3 is 1.40 bits per heavy atom. The van der Waals surface area contributed by atoms with Crippen LogP contribution in [0.1, 0.15) is 84.8 Å². The molecule has 236 valence electrons. The molecule has 5 rings (SSSR count). The van der Waals surface area contributed by atoms with Crippen LogP contribution in [-0.4, -0.2) is 28.9 Å². The molecule has 2 aliphatic rings. The van der Waals surface area contributed by atoms with Crippen LogP contribution in [0.15, 0.2) is 85.2 Å². The third-order valence-corrected chi connectivity index (χ3v) is 10.5. The fourth-order valence-electron chi connectivity index (χ4n) is 5.62. The topological polar surface area (TPSA) is 28.7 Å². The molecule has 43 heavy (non-hydrogen) atoms. The zero-order valence-electron chi connectivity index (χ0n) is 26.0. The molecular weight excluding hydrogens is 659 g/mol. The first-order valence-corrected chi connectivity index (χ1v) is 16.1. The molecule has 0 spiro atoms. The number of halogens is 4. The standard InChI is InChI=1S/C18H14N2.C9H21P.C5H10.CO.BF4.Ru/c1-3-8-16(9-4-1)18(17-10-5-2-6-11-17)12-15-19-13-7-14-20(18)19;1-7(2)10(8(3)4)9(5)6;1-2-4-5-3-1;1-2;2-1(3,4)5;/h1-14H;7-9H,1-6H3;1-5H2;;;/q;;;;-1;+2. The molecule has 2 aromatic carbocycles. The molecule has 1 aliphatic heterocycles. The van der Waals surface area contributed by atoms with E-state index in [-0.39, 0.29) is 32.9 Å². The Balaban J connectivity index is 0.000000644. The molecule has 0 bridgehead atoms. The van der Waals surface area contributed by atoms with E-state index in [0.717, 1.165) is 17.0 Å². The molecule has 0 radical (unpaired) electrons. The minimum Gasteiger partial charge on any atom is -0.243 e. The molecule has 1 aromatic heterocycles. The van der Waals surface area contributed by atoms with Crippen LogP contribution in [0.3, 0.4) is 0 Å². The van der Waals surface area contributed by atoms with E-state index < -0.39 is 7.25 Å². The first-order chi connectivity index (χ1) is 19.9. The Hall–Kier alpha value is -2.03. The van der Waals surface area contributed by atoms with E-state index in [4.69, 9.17) is 4.65 Å². The van der Waals surface area contributed by atoms with Gasteiger partial charge in [-0.3, -0.25) is 0 Å². The Morgan fingerprint density at radius 2 is 1.09 bits per heavy atom. The first-order valence-electron chi connectivity index (χ1n) is 14.5. The third kappa shape index (κ3) is 13.7. The summed E-state index contributed by atoms with van der Waals surface area (Å²) in [6.45, 7) is 18.6. The van der Waals surface area contributed by atoms with Crippen LogP contribution in [0.4, 0.5) is 17.3 Å². The summed E-state index contributed by atoms with van der Waals surface area (Å²) in [4.78, 5) is 0. The van der Waals surface area contributed by atoms with E-state index in [1.165, 1.54) is 43.2 Å². The zero-order valence-corrected chi connectivity index (χ0v) is 28.7. The van der Waals surface area contributed by atoms with Gasteiger partial charge in [0.2, 0.25) is 0 Å². The molecule has 0 saturated heterocycles. The van der Waals surface area contributed by atoms with Crippen LogP contribution in [0.5, 0.6) is 0 Å². The average Bonchev–Trinajstić information content (AvgIpc) is 3.71. The van der Waals surface area contributed by atoms with Gasteiger partial charge in [-0.2, -0.15) is 4.68 Å². The van der Waals surface area contributed by atoms with E-state index in [9.17, 15) is 17.3 Å². The molecule has 3 aromatic rings. The van der Waals surface area contributed by atoms with Crippen LogP contribution in [0.25, 0.3) is 0 Å². The predicted octanol–water partition coefficient (Wildman–Crippen LogP) is 9.65. The summed E-state index contributed by atoms with van der Waals surface area (Å²) in [6, 6.07) is 23.1. The molecule has 3 nitrogen and oxygen atoms in total. The van der Waals surface area contributed by atoms with Gasteiger partial charge in [-0.15, -0.1) is 0 Å². The number of fused-ring (bicyclic) bond motifs is 1. The van der Waals surface area contributed by atoms with Crippen molar-refractivity contribution in [1.82, 2.24) is 4.68 Å². The van der Waals surface area contributed by atoms with E-state index in [0.29, 0.717) is 0 Å². The van der Waals surface area contributed by atoms with Crippen LogP contribution >= 0.6 is 7.92 Å². The molecule has 0 atom stereocenters. The minimum atomic E-state index is -6.00. The monoisotopic (exact) mass is 705 g/mol. The number of aromatic nitrogens is 2. The number of benzene rings is 2. The maximum Gasteiger partial charge on any atom is 2.00 e. The number of hydrogen-bond donors (Lipinski definition) is 0. The van der Waals surface area contributed by atoms with Crippen LogP contribution in [0, 0.1) is 12.9 Å². The number of rotatable bonds is 5. The molecule has 1 saturated carbocycles. The van der Waals surface area contributed by atoms with Crippen molar-refractivity contribution in [3.05, 3.63) is 109 Å². The third-order valence-electron chi connectivity index (χ3n) is 6.92. The summed E-state index contributed by atoms with van der Waals surface area (Å²) in [5.41, 5.74) is 4.86. The average molecular weight is 705 g/mol. The minimum absolute atomic E-state index is 0. The molecule has 2 heterocycles. The molecule has 0 N–H and O–H groups in total. The largest absolute Gasteiger partial charge is 2.00 e. The van der Waals surface area contributed by atoms with Gasteiger partial charge in [0.05, 0.1) is 12.4 Å². The summed E-state index contributed by atoms with van der Waals surface area (Å²) >= 11 is 0. The van der Waals surface area contributed by atoms with Gasteiger partial charge in [0.25, 0.3) is 0 Å². The second kappa shape index (κ2) is 20.8. The van der Waals surface area contributed by atoms with E-state index in [2.05, 4.69) is 120 Å². The van der Waals surface area contributed by atoms with Gasteiger partial charge in [0.1, 0.15) is 0 Å². The maximum absolute atomic E-state index is 9.75. The Morgan fingerprint density at radius 1 is 0.744 bits per heavy atom. The number of nitrogens with zero attached hydrogens (tertiary/aromatic N) is 2. The van der Waals surface area contributed by atoms with E-state index >= 15 is 0 Å². The Labute approximate surface area is 270 Å². The van der Waals surface area contributed by atoms with Gasteiger partial charge < -0.3 is 17.3 Å². The fraction of sp³-hybridized carbons (Fsp3) is 0.455. The molecular formula is C33H45BF4N2OPRu+.